The number of nitrogens with one attached hydrogen (secondary N) is 1. The molecule has 0 amide bonds. The molecule has 0 saturated carbocycles. The van der Waals surface area contributed by atoms with Gasteiger partial charge in [0.25, 0.3) is 0 Å². The summed E-state index contributed by atoms with van der Waals surface area (Å²) in [5, 5.41) is 0.641. The molecule has 22 heavy (non-hydrogen) atoms. The van der Waals surface area contributed by atoms with Gasteiger partial charge in [-0.1, -0.05) is 19.9 Å². The van der Waals surface area contributed by atoms with Crippen molar-refractivity contribution >= 4 is 16.8 Å². The van der Waals surface area contributed by atoms with E-state index in [-0.39, 0.29) is 5.78 Å². The van der Waals surface area contributed by atoms with E-state index in [0.717, 1.165) is 0 Å². The van der Waals surface area contributed by atoms with E-state index in [2.05, 4.69) is 28.8 Å². The van der Waals surface area contributed by atoms with Crippen LogP contribution in [0.1, 0.15) is 24.2 Å². The van der Waals surface area contributed by atoms with Crippen LogP contribution in [-0.4, -0.2) is 52.9 Å². The molecule has 0 bridgehead atoms. The number of likely N-dealkylation sites (N-methyl/N-ethyl adjacent to an activating group) is 1. The van der Waals surface area contributed by atoms with Crippen molar-refractivity contribution in [3.05, 3.63) is 30.2 Å². The maximum Gasteiger partial charge on any atom is 0.226 e. The predicted octanol–water partition coefficient (Wildman–Crippen LogP) is 2.29. The second kappa shape index (κ2) is 7.17. The minimum atomic E-state index is -0.0858. The zero-order valence-corrected chi connectivity index (χ0v) is 13.5. The Morgan fingerprint density at radius 3 is 2.86 bits per heavy atom. The molecular formula is C16H22N4O2. The molecule has 1 N–H and O–H groups in total. The molecule has 0 atom stereocenters. The molecule has 6 nitrogen and oxygen atoms in total. The molecule has 2 aromatic rings. The van der Waals surface area contributed by atoms with Gasteiger partial charge in [-0.05, 0) is 26.1 Å². The molecule has 118 valence electrons. The first kappa shape index (κ1) is 16.2. The molecular weight excluding hydrogens is 280 g/mol. The normalized spacial score (nSPS) is 11.9. The van der Waals surface area contributed by atoms with Crippen molar-refractivity contribution in [1.29, 1.82) is 0 Å². The van der Waals surface area contributed by atoms with Crippen LogP contribution in [-0.2, 0) is 0 Å². The largest absolute Gasteiger partial charge is 0.477 e. The number of fused-ring (bicyclic) bond motifs is 1. The Bertz CT molecular complexity index is 674. The molecule has 0 fully saturated rings. The summed E-state index contributed by atoms with van der Waals surface area (Å²) in [6.45, 7) is 5.37. The van der Waals surface area contributed by atoms with E-state index >= 15 is 0 Å². The molecule has 0 aliphatic rings. The standard InChI is InChI=1S/C16H22N4O2/c1-11(2)9-22-16-14-12(8-17-15(14)18-10-19-16)13(21)6-5-7-20(3)4/h5-6,8,10-11H,7,9H2,1-4H3,(H,17,18,19). The number of nitrogens with zero attached hydrogens (tertiary/aromatic N) is 3. The highest BCUT2D eigenvalue weighted by molar-refractivity contribution is 6.13. The first-order chi connectivity index (χ1) is 10.5. The van der Waals surface area contributed by atoms with E-state index in [0.29, 0.717) is 41.5 Å². The number of hydrogen-bond donors (Lipinski definition) is 1. The van der Waals surface area contributed by atoms with Crippen LogP contribution < -0.4 is 4.74 Å². The van der Waals surface area contributed by atoms with Crippen LogP contribution in [0.5, 0.6) is 5.88 Å². The number of ketones is 1. The fraction of sp³-hybridized carbons (Fsp3) is 0.438. The second-order valence-corrected chi connectivity index (χ2v) is 5.84. The number of carbonyl (C=O) groups is 1. The number of aromatic amines is 1. The van der Waals surface area contributed by atoms with Crippen LogP contribution in [0, 0.1) is 5.92 Å². The van der Waals surface area contributed by atoms with Gasteiger partial charge in [-0.2, -0.15) is 0 Å². The SMILES string of the molecule is CC(C)COc1ncnc2[nH]cc(C(=O)C=CCN(C)C)c12. The van der Waals surface area contributed by atoms with Gasteiger partial charge in [-0.25, -0.2) is 9.97 Å². The molecule has 0 saturated heterocycles. The number of ether oxygens (including phenoxy) is 1. The van der Waals surface area contributed by atoms with E-state index in [1.165, 1.54) is 6.33 Å². The number of aromatic nitrogens is 3. The summed E-state index contributed by atoms with van der Waals surface area (Å²) in [5.74, 6) is 0.740. The van der Waals surface area contributed by atoms with Crippen molar-refractivity contribution in [2.45, 2.75) is 13.8 Å². The lowest BCUT2D eigenvalue weighted by atomic mass is 10.1. The maximum atomic E-state index is 12.4. The smallest absolute Gasteiger partial charge is 0.226 e. The minimum absolute atomic E-state index is 0.0858. The average molecular weight is 302 g/mol. The summed E-state index contributed by atoms with van der Waals surface area (Å²) in [4.78, 5) is 25.7. The first-order valence-corrected chi connectivity index (χ1v) is 7.29. The first-order valence-electron chi connectivity index (χ1n) is 7.29. The fourth-order valence-corrected chi connectivity index (χ4v) is 1.94. The monoisotopic (exact) mass is 302 g/mol. The van der Waals surface area contributed by atoms with Crippen molar-refractivity contribution in [3.63, 3.8) is 0 Å². The second-order valence-electron chi connectivity index (χ2n) is 5.84. The number of allylic oxidation sites excluding steroid dienone is 1. The molecule has 0 aliphatic heterocycles. The highest BCUT2D eigenvalue weighted by Gasteiger charge is 2.16. The molecule has 0 unspecified atom stereocenters. The van der Waals surface area contributed by atoms with Crippen molar-refractivity contribution in [3.8, 4) is 5.88 Å². The molecule has 0 aliphatic carbocycles. The Labute approximate surface area is 130 Å². The number of carbonyl (C=O) groups excluding carboxylic acids is 1. The zero-order chi connectivity index (χ0) is 16.1. The summed E-state index contributed by atoms with van der Waals surface area (Å²) in [5.41, 5.74) is 1.14. The third-order valence-corrected chi connectivity index (χ3v) is 2.99. The van der Waals surface area contributed by atoms with Gasteiger partial charge in [0.1, 0.15) is 12.0 Å². The average Bonchev–Trinajstić information content (AvgIpc) is 2.89. The Balaban J connectivity index is 2.30. The zero-order valence-electron chi connectivity index (χ0n) is 13.5. The third kappa shape index (κ3) is 3.92. The number of hydrogen-bond acceptors (Lipinski definition) is 5. The topological polar surface area (TPSA) is 71.1 Å². The lowest BCUT2D eigenvalue weighted by Gasteiger charge is -2.08. The Kier molecular flexibility index (Phi) is 5.27. The van der Waals surface area contributed by atoms with Gasteiger partial charge in [0.2, 0.25) is 5.88 Å². The van der Waals surface area contributed by atoms with Crippen molar-refractivity contribution < 1.29 is 9.53 Å². The van der Waals surface area contributed by atoms with Gasteiger partial charge in [0.15, 0.2) is 5.78 Å². The van der Waals surface area contributed by atoms with Crippen LogP contribution >= 0.6 is 0 Å². The Morgan fingerprint density at radius 2 is 2.18 bits per heavy atom. The number of H-pyrrole nitrogens is 1. The van der Waals surface area contributed by atoms with E-state index < -0.39 is 0 Å². The molecule has 2 heterocycles. The van der Waals surface area contributed by atoms with Gasteiger partial charge in [0, 0.05) is 12.7 Å². The van der Waals surface area contributed by atoms with Crippen LogP contribution in [0.4, 0.5) is 0 Å². The Morgan fingerprint density at radius 1 is 1.41 bits per heavy atom. The molecule has 0 spiro atoms. The fourth-order valence-electron chi connectivity index (χ4n) is 1.94. The van der Waals surface area contributed by atoms with Crippen LogP contribution in [0.3, 0.4) is 0 Å². The van der Waals surface area contributed by atoms with E-state index in [9.17, 15) is 4.79 Å². The lowest BCUT2D eigenvalue weighted by Crippen LogP contribution is -2.11. The van der Waals surface area contributed by atoms with E-state index in [4.69, 9.17) is 4.74 Å². The van der Waals surface area contributed by atoms with Crippen molar-refractivity contribution in [1.82, 2.24) is 19.9 Å². The van der Waals surface area contributed by atoms with E-state index in [1.807, 2.05) is 25.1 Å². The van der Waals surface area contributed by atoms with Crippen LogP contribution in [0.15, 0.2) is 24.7 Å². The lowest BCUT2D eigenvalue weighted by molar-refractivity contribution is 0.104. The highest BCUT2D eigenvalue weighted by Crippen LogP contribution is 2.26. The summed E-state index contributed by atoms with van der Waals surface area (Å²) in [7, 11) is 3.90. The van der Waals surface area contributed by atoms with Gasteiger partial charge in [-0.15, -0.1) is 0 Å². The summed E-state index contributed by atoms with van der Waals surface area (Å²) >= 11 is 0. The summed E-state index contributed by atoms with van der Waals surface area (Å²) in [6.07, 6.45) is 6.50. The van der Waals surface area contributed by atoms with Crippen molar-refractivity contribution in [2.75, 3.05) is 27.2 Å². The maximum absolute atomic E-state index is 12.4. The molecule has 2 rings (SSSR count). The number of rotatable bonds is 7. The minimum Gasteiger partial charge on any atom is -0.477 e. The third-order valence-electron chi connectivity index (χ3n) is 2.99. The van der Waals surface area contributed by atoms with E-state index in [1.54, 1.807) is 12.3 Å². The quantitative estimate of drug-likeness (QED) is 0.627. The van der Waals surface area contributed by atoms with Gasteiger partial charge >= 0.3 is 0 Å². The molecule has 0 radical (unpaired) electrons. The summed E-state index contributed by atoms with van der Waals surface area (Å²) < 4.78 is 5.72. The summed E-state index contributed by atoms with van der Waals surface area (Å²) in [6, 6.07) is 0. The van der Waals surface area contributed by atoms with Gasteiger partial charge < -0.3 is 14.6 Å². The van der Waals surface area contributed by atoms with Crippen molar-refractivity contribution in [2.24, 2.45) is 5.92 Å². The Hall–Kier alpha value is -2.21. The van der Waals surface area contributed by atoms with Gasteiger partial charge in [0.05, 0.1) is 17.6 Å². The predicted molar refractivity (Wildman–Crippen MR) is 86.2 cm³/mol. The molecule has 6 heteroatoms. The highest BCUT2D eigenvalue weighted by atomic mass is 16.5. The molecule has 0 aromatic carbocycles. The van der Waals surface area contributed by atoms with Crippen LogP contribution in [0.2, 0.25) is 0 Å². The molecule has 2 aromatic heterocycles. The van der Waals surface area contributed by atoms with Crippen LogP contribution in [0.25, 0.3) is 11.0 Å². The van der Waals surface area contributed by atoms with Gasteiger partial charge in [-0.3, -0.25) is 4.79 Å².